The van der Waals surface area contributed by atoms with Gasteiger partial charge < -0.3 is 4.90 Å². The van der Waals surface area contributed by atoms with Crippen molar-refractivity contribution in [3.8, 4) is 0 Å². The molecule has 2 rings (SSSR count). The van der Waals surface area contributed by atoms with Gasteiger partial charge in [-0.05, 0) is 55.6 Å². The summed E-state index contributed by atoms with van der Waals surface area (Å²) in [7, 11) is 1.81. The molecule has 100 valence electrons. The normalized spacial score (nSPS) is 10.5. The Bertz CT molecular complexity index is 612. The van der Waals surface area contributed by atoms with Gasteiger partial charge in [-0.1, -0.05) is 28.1 Å². The molecule has 6 heteroatoms. The second-order valence-electron chi connectivity index (χ2n) is 4.03. The summed E-state index contributed by atoms with van der Waals surface area (Å²) in [5.74, 6) is 0.00815. The minimum atomic E-state index is 0.00815. The maximum atomic E-state index is 12.3. The standard InChI is InChI=1S/C13H10Br3NOS/c1-17(7-8-3-2-4-9(14)5-8)13(18)10-6-11(15)19-12(10)16/h2-6H,7H2,1H3. The second kappa shape index (κ2) is 6.52. The number of benzene rings is 1. The highest BCUT2D eigenvalue weighted by atomic mass is 79.9. The molecule has 1 amide bonds. The number of hydrogen-bond acceptors (Lipinski definition) is 2. The van der Waals surface area contributed by atoms with Crippen molar-refractivity contribution in [1.82, 2.24) is 4.90 Å². The van der Waals surface area contributed by atoms with Crippen LogP contribution in [-0.4, -0.2) is 17.9 Å². The van der Waals surface area contributed by atoms with E-state index in [9.17, 15) is 4.79 Å². The molecule has 0 aliphatic carbocycles. The summed E-state index contributed by atoms with van der Waals surface area (Å²) in [4.78, 5) is 14.0. The average Bonchev–Trinajstić information content (AvgIpc) is 2.67. The molecule has 0 bridgehead atoms. The van der Waals surface area contributed by atoms with Gasteiger partial charge in [-0.2, -0.15) is 0 Å². The highest BCUT2D eigenvalue weighted by Gasteiger charge is 2.17. The number of hydrogen-bond donors (Lipinski definition) is 0. The Morgan fingerprint density at radius 1 is 1.26 bits per heavy atom. The topological polar surface area (TPSA) is 20.3 Å². The molecule has 0 saturated heterocycles. The number of nitrogens with zero attached hydrogens (tertiary/aromatic N) is 1. The van der Waals surface area contributed by atoms with Gasteiger partial charge in [-0.25, -0.2) is 0 Å². The van der Waals surface area contributed by atoms with Crippen molar-refractivity contribution in [2.45, 2.75) is 6.54 Å². The van der Waals surface area contributed by atoms with Crippen molar-refractivity contribution in [3.63, 3.8) is 0 Å². The van der Waals surface area contributed by atoms with E-state index in [1.54, 1.807) is 11.9 Å². The van der Waals surface area contributed by atoms with E-state index in [-0.39, 0.29) is 5.91 Å². The van der Waals surface area contributed by atoms with Gasteiger partial charge in [0.25, 0.3) is 5.91 Å². The van der Waals surface area contributed by atoms with Crippen molar-refractivity contribution < 1.29 is 4.79 Å². The zero-order valence-electron chi connectivity index (χ0n) is 9.99. The van der Waals surface area contributed by atoms with E-state index in [2.05, 4.69) is 47.8 Å². The minimum Gasteiger partial charge on any atom is -0.337 e. The molecule has 19 heavy (non-hydrogen) atoms. The zero-order chi connectivity index (χ0) is 14.0. The second-order valence-corrected chi connectivity index (χ2v) is 8.69. The van der Waals surface area contributed by atoms with Gasteiger partial charge in [0.2, 0.25) is 0 Å². The van der Waals surface area contributed by atoms with Crippen molar-refractivity contribution >= 4 is 65.0 Å². The fourth-order valence-electron chi connectivity index (χ4n) is 1.67. The van der Waals surface area contributed by atoms with Crippen LogP contribution >= 0.6 is 59.1 Å². The Balaban J connectivity index is 2.14. The van der Waals surface area contributed by atoms with Crippen molar-refractivity contribution in [1.29, 1.82) is 0 Å². The van der Waals surface area contributed by atoms with Crippen LogP contribution in [0.5, 0.6) is 0 Å². The van der Waals surface area contributed by atoms with Crippen LogP contribution < -0.4 is 0 Å². The van der Waals surface area contributed by atoms with Crippen molar-refractivity contribution in [3.05, 3.63) is 53.5 Å². The highest BCUT2D eigenvalue weighted by Crippen LogP contribution is 2.32. The van der Waals surface area contributed by atoms with E-state index < -0.39 is 0 Å². The molecular weight excluding hydrogens is 458 g/mol. The molecule has 0 fully saturated rings. The Hall–Kier alpha value is -0.170. The summed E-state index contributed by atoms with van der Waals surface area (Å²) in [6.45, 7) is 0.582. The fraction of sp³-hybridized carbons (Fsp3) is 0.154. The first-order chi connectivity index (χ1) is 8.97. The van der Waals surface area contributed by atoms with Crippen molar-refractivity contribution in [2.75, 3.05) is 7.05 Å². The molecule has 2 aromatic rings. The molecule has 0 spiro atoms. The Kier molecular flexibility index (Phi) is 5.22. The van der Waals surface area contributed by atoms with E-state index in [0.29, 0.717) is 12.1 Å². The van der Waals surface area contributed by atoms with Crippen LogP contribution in [0.2, 0.25) is 0 Å². The molecule has 0 unspecified atom stereocenters. The van der Waals surface area contributed by atoms with Crippen LogP contribution in [0, 0.1) is 0 Å². The molecule has 1 aromatic heterocycles. The van der Waals surface area contributed by atoms with E-state index in [1.807, 2.05) is 30.3 Å². The van der Waals surface area contributed by atoms with Crippen molar-refractivity contribution in [2.24, 2.45) is 0 Å². The molecule has 0 saturated carbocycles. The molecule has 2 nitrogen and oxygen atoms in total. The summed E-state index contributed by atoms with van der Waals surface area (Å²) in [5.41, 5.74) is 1.78. The summed E-state index contributed by atoms with van der Waals surface area (Å²) in [6, 6.07) is 9.80. The fourth-order valence-corrected chi connectivity index (χ4v) is 4.90. The van der Waals surface area contributed by atoms with Gasteiger partial charge >= 0.3 is 0 Å². The minimum absolute atomic E-state index is 0.00815. The van der Waals surface area contributed by atoms with Gasteiger partial charge in [-0.3, -0.25) is 4.79 Å². The van der Waals surface area contributed by atoms with Crippen LogP contribution in [0.25, 0.3) is 0 Å². The molecule has 0 radical (unpaired) electrons. The van der Waals surface area contributed by atoms with Gasteiger partial charge in [0, 0.05) is 18.1 Å². The molecule has 0 atom stereocenters. The predicted octanol–water partition coefficient (Wildman–Crippen LogP) is 5.31. The Labute approximate surface area is 141 Å². The maximum Gasteiger partial charge on any atom is 0.255 e. The van der Waals surface area contributed by atoms with Crippen LogP contribution in [-0.2, 0) is 6.54 Å². The molecule has 1 aromatic carbocycles. The van der Waals surface area contributed by atoms with Crippen LogP contribution in [0.1, 0.15) is 15.9 Å². The molecule has 0 N–H and O–H groups in total. The van der Waals surface area contributed by atoms with Gasteiger partial charge in [0.15, 0.2) is 0 Å². The molecule has 1 heterocycles. The van der Waals surface area contributed by atoms with Gasteiger partial charge in [0.05, 0.1) is 13.1 Å². The summed E-state index contributed by atoms with van der Waals surface area (Å²) >= 11 is 11.7. The lowest BCUT2D eigenvalue weighted by Crippen LogP contribution is -2.26. The summed E-state index contributed by atoms with van der Waals surface area (Å²) in [6.07, 6.45) is 0. The third-order valence-electron chi connectivity index (χ3n) is 2.54. The third kappa shape index (κ3) is 3.90. The van der Waals surface area contributed by atoms with E-state index in [0.717, 1.165) is 17.6 Å². The predicted molar refractivity (Wildman–Crippen MR) is 89.7 cm³/mol. The van der Waals surface area contributed by atoms with Crippen LogP contribution in [0.4, 0.5) is 0 Å². The number of carbonyl (C=O) groups excluding carboxylic acids is 1. The average molecular weight is 468 g/mol. The van der Waals surface area contributed by atoms with Gasteiger partial charge in [0.1, 0.15) is 0 Å². The van der Waals surface area contributed by atoms with Gasteiger partial charge in [-0.15, -0.1) is 11.3 Å². The zero-order valence-corrected chi connectivity index (χ0v) is 15.6. The first-order valence-electron chi connectivity index (χ1n) is 5.42. The Morgan fingerprint density at radius 2 is 2.00 bits per heavy atom. The maximum absolute atomic E-state index is 12.3. The SMILES string of the molecule is CN(Cc1cccc(Br)c1)C(=O)c1cc(Br)sc1Br. The molecule has 0 aliphatic heterocycles. The lowest BCUT2D eigenvalue weighted by atomic mass is 10.2. The third-order valence-corrected chi connectivity index (χ3v) is 5.38. The van der Waals surface area contributed by atoms with Crippen LogP contribution in [0.3, 0.4) is 0 Å². The quantitative estimate of drug-likeness (QED) is 0.599. The molecule has 0 aliphatic rings. The van der Waals surface area contributed by atoms with E-state index in [4.69, 9.17) is 0 Å². The van der Waals surface area contributed by atoms with E-state index in [1.165, 1.54) is 11.3 Å². The first-order valence-corrected chi connectivity index (χ1v) is 8.61. The first kappa shape index (κ1) is 15.2. The smallest absolute Gasteiger partial charge is 0.255 e. The lowest BCUT2D eigenvalue weighted by Gasteiger charge is -2.17. The largest absolute Gasteiger partial charge is 0.337 e. The van der Waals surface area contributed by atoms with E-state index >= 15 is 0 Å². The Morgan fingerprint density at radius 3 is 2.58 bits per heavy atom. The molecular formula is C13H10Br3NOS. The summed E-state index contributed by atoms with van der Waals surface area (Å²) in [5, 5.41) is 0. The number of thiophene rings is 1. The highest BCUT2D eigenvalue weighted by molar-refractivity contribution is 9.12. The monoisotopic (exact) mass is 465 g/mol. The lowest BCUT2D eigenvalue weighted by molar-refractivity contribution is 0.0785. The number of carbonyl (C=O) groups is 1. The summed E-state index contributed by atoms with van der Waals surface area (Å²) < 4.78 is 2.81. The van der Waals surface area contributed by atoms with Crippen LogP contribution in [0.15, 0.2) is 42.4 Å². The number of halogens is 3. The number of amides is 1. The number of rotatable bonds is 3.